The van der Waals surface area contributed by atoms with Crippen LogP contribution in [0.4, 0.5) is 0 Å². The van der Waals surface area contributed by atoms with Gasteiger partial charge in [0.1, 0.15) is 5.82 Å². The summed E-state index contributed by atoms with van der Waals surface area (Å²) in [4.78, 5) is 4.69. The van der Waals surface area contributed by atoms with Gasteiger partial charge in [0.2, 0.25) is 0 Å². The average molecular weight is 667 g/mol. The van der Waals surface area contributed by atoms with Crippen molar-refractivity contribution < 1.29 is 25.2 Å². The number of hydrogen-bond donors (Lipinski definition) is 0. The number of ether oxygens (including phenoxy) is 1. The maximum Gasteiger partial charge on any atom is 2.00 e. The number of para-hydroxylation sites is 1. The first-order valence-electron chi connectivity index (χ1n) is 14.8. The first-order valence-corrected chi connectivity index (χ1v) is 14.8. The Morgan fingerprint density at radius 2 is 1.59 bits per heavy atom. The molecule has 0 amide bonds. The Labute approximate surface area is 271 Å². The second kappa shape index (κ2) is 12.2. The van der Waals surface area contributed by atoms with Gasteiger partial charge < -0.3 is 9.30 Å². The molecule has 0 N–H and O–H groups in total. The number of nitrogens with zero attached hydrogens (tertiary/aromatic N) is 4. The van der Waals surface area contributed by atoms with E-state index >= 15 is 0 Å². The van der Waals surface area contributed by atoms with Crippen LogP contribution in [0.2, 0.25) is 0 Å². The molecule has 0 spiro atoms. The smallest absolute Gasteiger partial charge is 0.509 e. The van der Waals surface area contributed by atoms with E-state index in [-0.39, 0.29) is 26.3 Å². The Morgan fingerprint density at radius 3 is 2.36 bits per heavy atom. The third kappa shape index (κ3) is 5.26. The predicted molar refractivity (Wildman–Crippen MR) is 174 cm³/mol. The maximum absolute atomic E-state index is 6.42. The van der Waals surface area contributed by atoms with Gasteiger partial charge in [-0.1, -0.05) is 74.8 Å². The fourth-order valence-electron chi connectivity index (χ4n) is 5.91. The van der Waals surface area contributed by atoms with E-state index in [1.807, 2.05) is 41.2 Å². The molecule has 220 valence electrons. The zero-order valence-electron chi connectivity index (χ0n) is 25.1. The number of aryl methyl sites for hydroxylation is 2. The maximum atomic E-state index is 6.42. The van der Waals surface area contributed by atoms with Crippen molar-refractivity contribution in [1.82, 2.24) is 19.3 Å². The molecular weight excluding hydrogens is 635 g/mol. The van der Waals surface area contributed by atoms with Gasteiger partial charge in [-0.25, -0.2) is 4.98 Å². The standard InChI is InChI=1S/C38H32N4O.Pd/c1-5-33-37(27-12-7-6-8-13-27)38(25(2)3)42(40-33)28-14-11-15-29(23-28)43-30-18-19-32-31-16-9-10-17-34(31)41(35(32)24-30)36-22-26(4)20-21-39-36;/h6-22,25H,5H2,1-4H3;/q-2;+2. The molecule has 0 unspecified atom stereocenters. The number of fused-ring (bicyclic) bond motifs is 3. The summed E-state index contributed by atoms with van der Waals surface area (Å²) in [6.07, 6.45) is 2.69. The van der Waals surface area contributed by atoms with E-state index in [0.717, 1.165) is 51.0 Å². The Kier molecular flexibility index (Phi) is 8.23. The molecule has 3 aromatic heterocycles. The third-order valence-electron chi connectivity index (χ3n) is 7.83. The van der Waals surface area contributed by atoms with Crippen LogP contribution in [0.3, 0.4) is 0 Å². The first kappa shape index (κ1) is 29.6. The van der Waals surface area contributed by atoms with Crippen LogP contribution in [-0.4, -0.2) is 19.3 Å². The minimum Gasteiger partial charge on any atom is -0.509 e. The van der Waals surface area contributed by atoms with Crippen molar-refractivity contribution in [1.29, 1.82) is 0 Å². The Morgan fingerprint density at radius 1 is 0.818 bits per heavy atom. The fourth-order valence-corrected chi connectivity index (χ4v) is 5.91. The molecule has 7 aromatic rings. The molecule has 5 nitrogen and oxygen atoms in total. The number of aromatic nitrogens is 4. The minimum absolute atomic E-state index is 0. The Balaban J connectivity index is 0.00000343. The average Bonchev–Trinajstić information content (AvgIpc) is 3.58. The van der Waals surface area contributed by atoms with Gasteiger partial charge in [-0.15, -0.1) is 35.7 Å². The van der Waals surface area contributed by atoms with Crippen LogP contribution >= 0.6 is 0 Å². The fraction of sp³-hybridized carbons (Fsp3) is 0.158. The van der Waals surface area contributed by atoms with Gasteiger partial charge in [-0.2, -0.15) is 17.2 Å². The molecular formula is C38H32N4OPd. The molecule has 4 aromatic carbocycles. The van der Waals surface area contributed by atoms with Crippen LogP contribution in [0.5, 0.6) is 11.5 Å². The third-order valence-corrected chi connectivity index (χ3v) is 7.83. The van der Waals surface area contributed by atoms with Crippen molar-refractivity contribution in [3.8, 4) is 34.1 Å². The van der Waals surface area contributed by atoms with Gasteiger partial charge >= 0.3 is 20.4 Å². The zero-order chi connectivity index (χ0) is 29.5. The molecule has 0 aliphatic rings. The van der Waals surface area contributed by atoms with Gasteiger partial charge in [0.25, 0.3) is 0 Å². The largest absolute Gasteiger partial charge is 2.00 e. The van der Waals surface area contributed by atoms with E-state index in [1.165, 1.54) is 16.8 Å². The van der Waals surface area contributed by atoms with Crippen LogP contribution in [0.1, 0.15) is 43.6 Å². The van der Waals surface area contributed by atoms with Gasteiger partial charge in [-0.05, 0) is 59.7 Å². The number of rotatable bonds is 7. The van der Waals surface area contributed by atoms with Gasteiger partial charge in [0.05, 0.1) is 11.4 Å². The Hall–Kier alpha value is -4.50. The van der Waals surface area contributed by atoms with Gasteiger partial charge in [0.15, 0.2) is 0 Å². The predicted octanol–water partition coefficient (Wildman–Crippen LogP) is 9.42. The van der Waals surface area contributed by atoms with E-state index in [2.05, 4.69) is 116 Å². The van der Waals surface area contributed by atoms with E-state index in [9.17, 15) is 0 Å². The SMILES string of the molecule is CCc1nn(-c2[c-]c(Oc3[c-]c4c(cc3)c3ccccc3n4-c3cc(C)ccn3)ccc2)c(C(C)C)c1-c1ccccc1.[Pd+2]. The number of pyridine rings is 1. The summed E-state index contributed by atoms with van der Waals surface area (Å²) < 4.78 is 10.6. The summed E-state index contributed by atoms with van der Waals surface area (Å²) in [7, 11) is 0. The minimum atomic E-state index is 0. The molecule has 44 heavy (non-hydrogen) atoms. The second-order valence-electron chi connectivity index (χ2n) is 11.1. The van der Waals surface area contributed by atoms with Crippen LogP contribution < -0.4 is 4.74 Å². The van der Waals surface area contributed by atoms with Crippen LogP contribution in [-0.2, 0) is 26.8 Å². The molecule has 0 aliphatic heterocycles. The monoisotopic (exact) mass is 666 g/mol. The van der Waals surface area contributed by atoms with Crippen molar-refractivity contribution in [2.75, 3.05) is 0 Å². The zero-order valence-corrected chi connectivity index (χ0v) is 26.7. The summed E-state index contributed by atoms with van der Waals surface area (Å²) in [6.45, 7) is 8.67. The van der Waals surface area contributed by atoms with Crippen LogP contribution in [0.15, 0.2) is 103 Å². The van der Waals surface area contributed by atoms with E-state index in [0.29, 0.717) is 11.5 Å². The normalized spacial score (nSPS) is 11.3. The molecule has 0 atom stereocenters. The molecule has 0 aliphatic carbocycles. The molecule has 3 heterocycles. The topological polar surface area (TPSA) is 44.9 Å². The number of hydrogen-bond acceptors (Lipinski definition) is 3. The summed E-state index contributed by atoms with van der Waals surface area (Å²) in [5.41, 5.74) is 8.62. The van der Waals surface area contributed by atoms with Crippen LogP contribution in [0, 0.1) is 19.1 Å². The van der Waals surface area contributed by atoms with Crippen LogP contribution in [0.25, 0.3) is 44.4 Å². The second-order valence-corrected chi connectivity index (χ2v) is 11.1. The van der Waals surface area contributed by atoms with Crippen molar-refractivity contribution in [2.45, 2.75) is 40.0 Å². The quantitative estimate of drug-likeness (QED) is 0.126. The van der Waals surface area contributed by atoms with Gasteiger partial charge in [-0.3, -0.25) is 4.68 Å². The molecule has 0 saturated carbocycles. The van der Waals surface area contributed by atoms with Crippen molar-refractivity contribution in [3.63, 3.8) is 0 Å². The molecule has 0 saturated heterocycles. The molecule has 0 bridgehead atoms. The summed E-state index contributed by atoms with van der Waals surface area (Å²) in [5.74, 6) is 2.33. The van der Waals surface area contributed by atoms with Gasteiger partial charge in [0, 0.05) is 28.8 Å². The first-order chi connectivity index (χ1) is 21.0. The molecule has 6 heteroatoms. The Bertz CT molecular complexity index is 2090. The molecule has 7 rings (SSSR count). The van der Waals surface area contributed by atoms with E-state index in [4.69, 9.17) is 9.84 Å². The van der Waals surface area contributed by atoms with Crippen molar-refractivity contribution in [3.05, 3.63) is 132 Å². The summed E-state index contributed by atoms with van der Waals surface area (Å²) >= 11 is 0. The summed E-state index contributed by atoms with van der Waals surface area (Å²) in [5, 5.41) is 7.32. The summed E-state index contributed by atoms with van der Waals surface area (Å²) in [6, 6.07) is 40.1. The number of benzene rings is 4. The van der Waals surface area contributed by atoms with Crippen molar-refractivity contribution >= 4 is 21.8 Å². The van der Waals surface area contributed by atoms with Crippen molar-refractivity contribution in [2.24, 2.45) is 0 Å². The molecule has 0 radical (unpaired) electrons. The van der Waals surface area contributed by atoms with E-state index in [1.54, 1.807) is 0 Å². The molecule has 0 fully saturated rings. The van der Waals surface area contributed by atoms with E-state index < -0.39 is 0 Å².